The minimum Gasteiger partial charge on any atom is -0.405 e. The molecule has 3 aromatic carbocycles. The van der Waals surface area contributed by atoms with E-state index < -0.39 is 11.2 Å². The van der Waals surface area contributed by atoms with Crippen LogP contribution in [0, 0.1) is 6.92 Å². The zero-order valence-electron chi connectivity index (χ0n) is 18.7. The van der Waals surface area contributed by atoms with Crippen LogP contribution in [0.2, 0.25) is 0 Å². The molecular formula is C27H24N2O4. The second-order valence-corrected chi connectivity index (χ2v) is 8.81. The monoisotopic (exact) mass is 440 g/mol. The lowest BCUT2D eigenvalue weighted by atomic mass is 10.0. The topological polar surface area (TPSA) is 81.4 Å². The summed E-state index contributed by atoms with van der Waals surface area (Å²) < 4.78 is 11.6. The molecule has 1 aliphatic rings. The molecule has 1 N–H and O–H groups in total. The normalized spacial score (nSPS) is 13.1. The maximum absolute atomic E-state index is 12.8. The van der Waals surface area contributed by atoms with Crippen molar-refractivity contribution < 1.29 is 13.9 Å². The number of carbonyl (C=O) groups is 1. The number of aryl methyl sites for hydroxylation is 1. The van der Waals surface area contributed by atoms with Crippen LogP contribution >= 0.6 is 0 Å². The summed E-state index contributed by atoms with van der Waals surface area (Å²) in [5, 5.41) is 3.34. The van der Waals surface area contributed by atoms with Gasteiger partial charge in [0.15, 0.2) is 0 Å². The minimum atomic E-state index is -0.997. The van der Waals surface area contributed by atoms with Crippen molar-refractivity contribution in [3.8, 4) is 11.1 Å². The first-order valence-corrected chi connectivity index (χ1v) is 10.9. The number of nitrogens with zero attached hydrogens (tertiary/aromatic N) is 1. The molecule has 0 bridgehead atoms. The van der Waals surface area contributed by atoms with Crippen LogP contribution in [0.5, 0.6) is 0 Å². The van der Waals surface area contributed by atoms with Gasteiger partial charge in [0, 0.05) is 0 Å². The van der Waals surface area contributed by atoms with E-state index in [1.807, 2.05) is 55.5 Å². The largest absolute Gasteiger partial charge is 0.405 e. The molecule has 166 valence electrons. The lowest BCUT2D eigenvalue weighted by molar-refractivity contribution is -0.129. The zero-order chi connectivity index (χ0) is 23.2. The van der Waals surface area contributed by atoms with Crippen LogP contribution in [0.25, 0.3) is 22.0 Å². The van der Waals surface area contributed by atoms with Crippen LogP contribution in [0.3, 0.4) is 0 Å². The molecule has 0 aliphatic heterocycles. The molecule has 0 saturated heterocycles. The van der Waals surface area contributed by atoms with E-state index in [2.05, 4.69) is 22.4 Å². The molecule has 0 radical (unpaired) electrons. The second-order valence-electron chi connectivity index (χ2n) is 8.81. The van der Waals surface area contributed by atoms with Gasteiger partial charge >= 0.3 is 5.63 Å². The van der Waals surface area contributed by atoms with E-state index in [0.29, 0.717) is 10.9 Å². The lowest BCUT2D eigenvalue weighted by Crippen LogP contribution is -2.44. The Labute approximate surface area is 191 Å². The number of carbonyl (C=O) groups excluding carboxylic acids is 1. The highest BCUT2D eigenvalue weighted by Crippen LogP contribution is 2.44. The van der Waals surface area contributed by atoms with Crippen molar-refractivity contribution in [2.24, 2.45) is 0 Å². The summed E-state index contributed by atoms with van der Waals surface area (Å²) in [7, 11) is 0. The number of fused-ring (bicyclic) bond motifs is 4. The van der Waals surface area contributed by atoms with Gasteiger partial charge in [-0.2, -0.15) is 0 Å². The van der Waals surface area contributed by atoms with E-state index in [9.17, 15) is 9.59 Å². The maximum atomic E-state index is 12.8. The van der Waals surface area contributed by atoms with E-state index in [1.165, 1.54) is 0 Å². The third kappa shape index (κ3) is 3.72. The average molecular weight is 440 g/mol. The van der Waals surface area contributed by atoms with Crippen LogP contribution < -0.4 is 10.9 Å². The minimum absolute atomic E-state index is 0.145. The van der Waals surface area contributed by atoms with Crippen molar-refractivity contribution in [3.63, 3.8) is 0 Å². The van der Waals surface area contributed by atoms with Crippen LogP contribution in [-0.2, 0) is 15.1 Å². The summed E-state index contributed by atoms with van der Waals surface area (Å²) in [6, 6.07) is 21.6. The first kappa shape index (κ1) is 21.1. The molecule has 6 heteroatoms. The van der Waals surface area contributed by atoms with Gasteiger partial charge in [-0.05, 0) is 54.7 Å². The highest BCUT2D eigenvalue weighted by molar-refractivity contribution is 5.81. The van der Waals surface area contributed by atoms with Gasteiger partial charge in [0.05, 0.1) is 10.9 Å². The molecule has 1 heterocycles. The van der Waals surface area contributed by atoms with Crippen molar-refractivity contribution >= 4 is 16.8 Å². The Morgan fingerprint density at radius 1 is 1.00 bits per heavy atom. The van der Waals surface area contributed by atoms with E-state index in [-0.39, 0.29) is 24.5 Å². The lowest BCUT2D eigenvalue weighted by Gasteiger charge is -2.24. The van der Waals surface area contributed by atoms with E-state index in [0.717, 1.165) is 27.8 Å². The maximum Gasteiger partial charge on any atom is 0.347 e. The number of benzene rings is 3. The second kappa shape index (κ2) is 7.98. The molecule has 0 spiro atoms. The highest BCUT2D eigenvalue weighted by Gasteiger charge is 2.32. The first-order valence-electron chi connectivity index (χ1n) is 10.9. The van der Waals surface area contributed by atoms with Crippen LogP contribution in [0.15, 0.2) is 75.9 Å². The Balaban J connectivity index is 1.35. The van der Waals surface area contributed by atoms with Crippen molar-refractivity contribution in [1.29, 1.82) is 0 Å². The standard InChI is InChI=1S/C27H24N2O4/c1-16-9-8-14-21-23(16)25(31)33-26(28-21)27(2,3)29-22(30)15-32-24-19-12-6-4-10-17(19)18-11-5-7-13-20(18)24/h4-14,24H,15H2,1-3H3,(H,29,30). The van der Waals surface area contributed by atoms with Crippen LogP contribution in [-0.4, -0.2) is 17.5 Å². The van der Waals surface area contributed by atoms with Gasteiger partial charge in [-0.3, -0.25) is 4.79 Å². The number of amides is 1. The molecule has 0 unspecified atom stereocenters. The Kier molecular flexibility index (Phi) is 5.10. The van der Waals surface area contributed by atoms with Crippen molar-refractivity contribution in [1.82, 2.24) is 10.3 Å². The molecule has 5 rings (SSSR count). The Hall–Kier alpha value is -3.77. The van der Waals surface area contributed by atoms with Crippen LogP contribution in [0.4, 0.5) is 0 Å². The molecule has 0 atom stereocenters. The van der Waals surface area contributed by atoms with Crippen molar-refractivity contribution in [2.75, 3.05) is 6.61 Å². The van der Waals surface area contributed by atoms with Gasteiger partial charge in [0.2, 0.25) is 11.8 Å². The Bertz CT molecular complexity index is 1390. The van der Waals surface area contributed by atoms with Crippen molar-refractivity contribution in [3.05, 3.63) is 99.7 Å². The zero-order valence-corrected chi connectivity index (χ0v) is 18.7. The molecule has 6 nitrogen and oxygen atoms in total. The molecule has 1 aliphatic carbocycles. The summed E-state index contributed by atoms with van der Waals surface area (Å²) in [6.45, 7) is 5.19. The molecule has 1 aromatic heterocycles. The van der Waals surface area contributed by atoms with E-state index >= 15 is 0 Å². The molecule has 0 fully saturated rings. The summed E-state index contributed by atoms with van der Waals surface area (Å²) in [5.74, 6) is -0.175. The summed E-state index contributed by atoms with van der Waals surface area (Å²) in [6.07, 6.45) is -0.314. The number of aromatic nitrogens is 1. The predicted molar refractivity (Wildman–Crippen MR) is 126 cm³/mol. The van der Waals surface area contributed by atoms with Gasteiger partial charge < -0.3 is 14.5 Å². The Morgan fingerprint density at radius 2 is 1.64 bits per heavy atom. The number of rotatable bonds is 5. The molecule has 1 amide bonds. The smallest absolute Gasteiger partial charge is 0.347 e. The summed E-state index contributed by atoms with van der Waals surface area (Å²) in [5.41, 5.74) is 4.21. The number of hydrogen-bond donors (Lipinski definition) is 1. The summed E-state index contributed by atoms with van der Waals surface area (Å²) in [4.78, 5) is 29.9. The molecule has 0 saturated carbocycles. The summed E-state index contributed by atoms with van der Waals surface area (Å²) >= 11 is 0. The van der Waals surface area contributed by atoms with E-state index in [4.69, 9.17) is 9.15 Å². The predicted octanol–water partition coefficient (Wildman–Crippen LogP) is 4.63. The van der Waals surface area contributed by atoms with E-state index in [1.54, 1.807) is 19.9 Å². The van der Waals surface area contributed by atoms with Crippen molar-refractivity contribution in [2.45, 2.75) is 32.4 Å². The highest BCUT2D eigenvalue weighted by atomic mass is 16.5. The Morgan fingerprint density at radius 3 is 2.30 bits per heavy atom. The fourth-order valence-corrected chi connectivity index (χ4v) is 4.44. The molecule has 4 aromatic rings. The fraction of sp³-hybridized carbons (Fsp3) is 0.222. The van der Waals surface area contributed by atoms with Gasteiger partial charge in [0.25, 0.3) is 0 Å². The van der Waals surface area contributed by atoms with Gasteiger partial charge in [0.1, 0.15) is 18.2 Å². The molecule has 33 heavy (non-hydrogen) atoms. The number of hydrogen-bond acceptors (Lipinski definition) is 5. The third-order valence-electron chi connectivity index (χ3n) is 6.01. The van der Waals surface area contributed by atoms with Gasteiger partial charge in [-0.15, -0.1) is 0 Å². The third-order valence-corrected chi connectivity index (χ3v) is 6.01. The SMILES string of the molecule is Cc1cccc2nc(C(C)(C)NC(=O)COC3c4ccccc4-c4ccccc43)oc(=O)c12. The fourth-order valence-electron chi connectivity index (χ4n) is 4.44. The van der Waals surface area contributed by atoms with Crippen LogP contribution in [0.1, 0.15) is 42.5 Å². The number of ether oxygens (including phenoxy) is 1. The first-order chi connectivity index (χ1) is 15.8. The quantitative estimate of drug-likeness (QED) is 0.489. The van der Waals surface area contributed by atoms with Gasteiger partial charge in [-0.25, -0.2) is 9.78 Å². The molecular weight excluding hydrogens is 416 g/mol. The van der Waals surface area contributed by atoms with Gasteiger partial charge in [-0.1, -0.05) is 60.7 Å². The average Bonchev–Trinajstić information content (AvgIpc) is 3.11. The number of nitrogens with one attached hydrogen (secondary N) is 1.